The molecule has 2 amide bonds. The lowest BCUT2D eigenvalue weighted by atomic mass is 10.1. The molecule has 0 saturated carbocycles. The summed E-state index contributed by atoms with van der Waals surface area (Å²) >= 11 is 1.14. The Bertz CT molecular complexity index is 658. The van der Waals surface area contributed by atoms with Gasteiger partial charge in [0.25, 0.3) is 11.8 Å². The van der Waals surface area contributed by atoms with E-state index in [1.165, 1.54) is 29.2 Å². The topological polar surface area (TPSA) is 66.8 Å². The van der Waals surface area contributed by atoms with Gasteiger partial charge in [-0.2, -0.15) is 0 Å². The van der Waals surface area contributed by atoms with Crippen molar-refractivity contribution in [3.63, 3.8) is 0 Å². The zero-order valence-electron chi connectivity index (χ0n) is 14.3. The molecule has 1 aliphatic rings. The van der Waals surface area contributed by atoms with E-state index in [0.717, 1.165) is 11.8 Å². The molecule has 0 bridgehead atoms. The first-order valence-electron chi connectivity index (χ1n) is 8.17. The normalized spacial score (nSPS) is 15.0. The van der Waals surface area contributed by atoms with Gasteiger partial charge in [-0.3, -0.25) is 14.5 Å². The Balaban J connectivity index is 2.19. The maximum absolute atomic E-state index is 13.2. The molecule has 0 aromatic heterocycles. The molecule has 0 unspecified atom stereocenters. The summed E-state index contributed by atoms with van der Waals surface area (Å²) in [5.41, 5.74) is 0.773. The van der Waals surface area contributed by atoms with Crippen LogP contribution in [0.25, 0.3) is 5.57 Å². The third-order valence-electron chi connectivity index (χ3n) is 3.57. The molecule has 1 heterocycles. The average Bonchev–Trinajstić information content (AvgIpc) is 2.81. The minimum absolute atomic E-state index is 0.0913. The lowest BCUT2D eigenvalue weighted by Crippen LogP contribution is -2.33. The van der Waals surface area contributed by atoms with Crippen molar-refractivity contribution in [3.8, 4) is 0 Å². The van der Waals surface area contributed by atoms with Crippen LogP contribution in [0.4, 0.5) is 4.39 Å². The predicted octanol–water partition coefficient (Wildman–Crippen LogP) is 2.45. The molecule has 1 aromatic carbocycles. The van der Waals surface area contributed by atoms with Crippen LogP contribution < -0.4 is 0 Å². The molecule has 0 atom stereocenters. The van der Waals surface area contributed by atoms with Crippen molar-refractivity contribution in [2.75, 3.05) is 25.5 Å². The van der Waals surface area contributed by atoms with Gasteiger partial charge in [0.1, 0.15) is 5.82 Å². The lowest BCUT2D eigenvalue weighted by molar-refractivity contribution is -0.136. The highest BCUT2D eigenvalue weighted by Crippen LogP contribution is 2.36. The van der Waals surface area contributed by atoms with Crippen LogP contribution in [0.1, 0.15) is 25.8 Å². The van der Waals surface area contributed by atoms with Gasteiger partial charge in [-0.25, -0.2) is 4.39 Å². The molecule has 25 heavy (non-hydrogen) atoms. The Morgan fingerprint density at radius 3 is 2.48 bits per heavy atom. The highest BCUT2D eigenvalue weighted by Gasteiger charge is 2.38. The van der Waals surface area contributed by atoms with Gasteiger partial charge in [-0.05, 0) is 38.0 Å². The van der Waals surface area contributed by atoms with Crippen molar-refractivity contribution in [1.82, 2.24) is 4.90 Å². The fraction of sp³-hybridized carbons (Fsp3) is 0.444. The first kappa shape index (κ1) is 19.6. The number of hydrogen-bond donors (Lipinski definition) is 1. The molecule has 0 radical (unpaired) electrons. The summed E-state index contributed by atoms with van der Waals surface area (Å²) in [6.07, 6.45) is 0.637. The minimum Gasteiger partial charge on any atom is -0.396 e. The highest BCUT2D eigenvalue weighted by molar-refractivity contribution is 8.04. The van der Waals surface area contributed by atoms with Gasteiger partial charge in [0.15, 0.2) is 0 Å². The van der Waals surface area contributed by atoms with Gasteiger partial charge in [-0.1, -0.05) is 12.1 Å². The summed E-state index contributed by atoms with van der Waals surface area (Å²) in [7, 11) is 0. The van der Waals surface area contributed by atoms with E-state index in [1.54, 1.807) is 0 Å². The number of aliphatic hydroxyl groups is 1. The first-order valence-corrected chi connectivity index (χ1v) is 9.16. The largest absolute Gasteiger partial charge is 0.396 e. The van der Waals surface area contributed by atoms with Gasteiger partial charge < -0.3 is 9.84 Å². The smallest absolute Gasteiger partial charge is 0.267 e. The molecule has 136 valence electrons. The summed E-state index contributed by atoms with van der Waals surface area (Å²) in [5.74, 6) is -0.856. The van der Waals surface area contributed by atoms with E-state index in [0.29, 0.717) is 29.2 Å². The number of ether oxygens (including phenoxy) is 1. The van der Waals surface area contributed by atoms with Gasteiger partial charge in [0.2, 0.25) is 0 Å². The van der Waals surface area contributed by atoms with Crippen molar-refractivity contribution >= 4 is 29.1 Å². The van der Waals surface area contributed by atoms with E-state index < -0.39 is 5.82 Å². The average molecular weight is 367 g/mol. The molecular formula is C18H22FNO4S. The Hall–Kier alpha value is -1.70. The zero-order chi connectivity index (χ0) is 18.4. The third-order valence-corrected chi connectivity index (χ3v) is 4.63. The second-order valence-electron chi connectivity index (χ2n) is 5.82. The fourth-order valence-corrected chi connectivity index (χ4v) is 3.33. The number of benzene rings is 1. The van der Waals surface area contributed by atoms with Gasteiger partial charge in [-0.15, -0.1) is 11.8 Å². The molecule has 1 aliphatic heterocycles. The summed E-state index contributed by atoms with van der Waals surface area (Å²) in [6.45, 7) is 4.46. The minimum atomic E-state index is -0.409. The second-order valence-corrected chi connectivity index (χ2v) is 6.92. The highest BCUT2D eigenvalue weighted by atomic mass is 32.2. The van der Waals surface area contributed by atoms with Gasteiger partial charge in [0.05, 0.1) is 23.2 Å². The summed E-state index contributed by atoms with van der Waals surface area (Å²) in [5, 5.41) is 9.04. The standard InChI is InChI=1S/C18H22FNO4S/c1-12(2)24-10-3-8-20-17(22)15(13-4-6-14(19)7-5-13)16(18(20)23)25-11-9-21/h4-7,12,21H,3,8-11H2,1-2H3. The molecule has 0 aliphatic carbocycles. The van der Waals surface area contributed by atoms with E-state index in [4.69, 9.17) is 9.84 Å². The summed E-state index contributed by atoms with van der Waals surface area (Å²) in [6, 6.07) is 5.49. The number of carbonyl (C=O) groups excluding carboxylic acids is 2. The van der Waals surface area contributed by atoms with Crippen molar-refractivity contribution in [3.05, 3.63) is 40.6 Å². The Morgan fingerprint density at radius 1 is 1.20 bits per heavy atom. The monoisotopic (exact) mass is 367 g/mol. The van der Waals surface area contributed by atoms with Crippen molar-refractivity contribution < 1.29 is 23.8 Å². The molecule has 2 rings (SSSR count). The molecule has 0 saturated heterocycles. The van der Waals surface area contributed by atoms with E-state index >= 15 is 0 Å². The molecule has 1 aromatic rings. The molecule has 1 N–H and O–H groups in total. The summed E-state index contributed by atoms with van der Waals surface area (Å²) < 4.78 is 18.6. The number of nitrogens with zero attached hydrogens (tertiary/aromatic N) is 1. The zero-order valence-corrected chi connectivity index (χ0v) is 15.1. The number of rotatable bonds is 9. The van der Waals surface area contributed by atoms with Crippen LogP contribution in [0.2, 0.25) is 0 Å². The van der Waals surface area contributed by atoms with Crippen LogP contribution in [-0.4, -0.2) is 53.4 Å². The lowest BCUT2D eigenvalue weighted by Gasteiger charge is -2.15. The van der Waals surface area contributed by atoms with Crippen molar-refractivity contribution in [2.45, 2.75) is 26.4 Å². The maximum atomic E-state index is 13.2. The van der Waals surface area contributed by atoms with Crippen LogP contribution in [0.3, 0.4) is 0 Å². The number of imide groups is 1. The van der Waals surface area contributed by atoms with Crippen molar-refractivity contribution in [1.29, 1.82) is 0 Å². The SMILES string of the molecule is CC(C)OCCCN1C(=O)C(SCCO)=C(c2ccc(F)cc2)C1=O. The van der Waals surface area contributed by atoms with Crippen LogP contribution in [0, 0.1) is 5.82 Å². The van der Waals surface area contributed by atoms with Crippen LogP contribution >= 0.6 is 11.8 Å². The number of halogens is 1. The number of hydrogen-bond acceptors (Lipinski definition) is 5. The van der Waals surface area contributed by atoms with Crippen LogP contribution in [-0.2, 0) is 14.3 Å². The number of amides is 2. The number of thioether (sulfide) groups is 1. The predicted molar refractivity (Wildman–Crippen MR) is 95.3 cm³/mol. The molecule has 5 nitrogen and oxygen atoms in total. The van der Waals surface area contributed by atoms with E-state index in [9.17, 15) is 14.0 Å². The summed E-state index contributed by atoms with van der Waals surface area (Å²) in [4.78, 5) is 26.9. The quantitative estimate of drug-likeness (QED) is 0.536. The van der Waals surface area contributed by atoms with E-state index in [1.807, 2.05) is 13.8 Å². The van der Waals surface area contributed by atoms with E-state index in [2.05, 4.69) is 0 Å². The molecule has 0 spiro atoms. The Labute approximate surface area is 150 Å². The van der Waals surface area contributed by atoms with Crippen LogP contribution in [0.15, 0.2) is 29.2 Å². The van der Waals surface area contributed by atoms with Crippen molar-refractivity contribution in [2.24, 2.45) is 0 Å². The van der Waals surface area contributed by atoms with E-state index in [-0.39, 0.29) is 36.6 Å². The first-order chi connectivity index (χ1) is 12.0. The molecular weight excluding hydrogens is 345 g/mol. The molecule has 0 fully saturated rings. The van der Waals surface area contributed by atoms with Gasteiger partial charge >= 0.3 is 0 Å². The second kappa shape index (κ2) is 9.12. The molecule has 7 heteroatoms. The maximum Gasteiger partial charge on any atom is 0.267 e. The third kappa shape index (κ3) is 4.90. The Morgan fingerprint density at radius 2 is 1.88 bits per heavy atom. The fourth-order valence-electron chi connectivity index (χ4n) is 2.45. The number of carbonyl (C=O) groups is 2. The number of aliphatic hydroxyl groups excluding tert-OH is 1. The van der Waals surface area contributed by atoms with Crippen LogP contribution in [0.5, 0.6) is 0 Å². The Kier molecular flexibility index (Phi) is 7.16. The van der Waals surface area contributed by atoms with Gasteiger partial charge in [0, 0.05) is 18.9 Å².